The number of imidazole rings is 1. The zero-order valence-electron chi connectivity index (χ0n) is 23.0. The molecule has 4 aromatic heterocycles. The van der Waals surface area contributed by atoms with Crippen LogP contribution in [0.3, 0.4) is 0 Å². The van der Waals surface area contributed by atoms with Gasteiger partial charge in [-0.25, -0.2) is 9.18 Å². The standard InChI is InChI=1S/C18H16F3N5O2.C9H16N4/c1-3-12(19)5-7-14-10-26(18(27)25(14)2)9-13-6-4-11(8-22-13)16-23-24-17(28-16)15(20)21;1-12-2-4-13(5-3-12)8-9-6-10-11-7-9/h3-8,10,15H,9H2,1-2H3;6-7H,2-5,8H2,1H3,(H,10,11)/b7-5-,12-3+;. The van der Waals surface area contributed by atoms with E-state index in [4.69, 9.17) is 4.42 Å². The van der Waals surface area contributed by atoms with Crippen molar-refractivity contribution in [1.82, 2.24) is 44.3 Å². The molecule has 1 fully saturated rings. The van der Waals surface area contributed by atoms with Gasteiger partial charge in [-0.3, -0.25) is 24.1 Å². The van der Waals surface area contributed by atoms with E-state index in [2.05, 4.69) is 42.2 Å². The molecular formula is C27H32F3N9O2. The molecule has 5 rings (SSSR count). The Balaban J connectivity index is 0.000000247. The Morgan fingerprint density at radius 2 is 1.90 bits per heavy atom. The van der Waals surface area contributed by atoms with Gasteiger partial charge in [0.25, 0.3) is 5.89 Å². The quantitative estimate of drug-likeness (QED) is 0.319. The van der Waals surface area contributed by atoms with Crippen molar-refractivity contribution in [1.29, 1.82) is 0 Å². The first kappa shape index (κ1) is 29.7. The van der Waals surface area contributed by atoms with Crippen molar-refractivity contribution < 1.29 is 17.6 Å². The van der Waals surface area contributed by atoms with Gasteiger partial charge in [0.1, 0.15) is 5.83 Å². The zero-order chi connectivity index (χ0) is 29.4. The average Bonchev–Trinajstić information content (AvgIpc) is 3.73. The fraction of sp³-hybridized carbons (Fsp3) is 0.370. The second kappa shape index (κ2) is 13.9. The molecule has 1 aliphatic rings. The lowest BCUT2D eigenvalue weighted by molar-refractivity contribution is 0.116. The van der Waals surface area contributed by atoms with Crippen LogP contribution < -0.4 is 5.69 Å². The van der Waals surface area contributed by atoms with Crippen LogP contribution in [0.2, 0.25) is 0 Å². The van der Waals surface area contributed by atoms with Crippen LogP contribution >= 0.6 is 0 Å². The highest BCUT2D eigenvalue weighted by Gasteiger charge is 2.17. The van der Waals surface area contributed by atoms with Gasteiger partial charge >= 0.3 is 12.1 Å². The fourth-order valence-electron chi connectivity index (χ4n) is 4.02. The van der Waals surface area contributed by atoms with Gasteiger partial charge in [0.15, 0.2) is 0 Å². The van der Waals surface area contributed by atoms with E-state index in [0.29, 0.717) is 17.0 Å². The number of likely N-dealkylation sites (N-methyl/N-ethyl adjacent to an activating group) is 1. The Labute approximate surface area is 234 Å². The third kappa shape index (κ3) is 8.11. The molecule has 4 aromatic rings. The van der Waals surface area contributed by atoms with E-state index >= 15 is 0 Å². The van der Waals surface area contributed by atoms with Gasteiger partial charge in [-0.05, 0) is 38.3 Å². The van der Waals surface area contributed by atoms with Crippen LogP contribution in [-0.2, 0) is 20.1 Å². The third-order valence-corrected chi connectivity index (χ3v) is 6.49. The smallest absolute Gasteiger partial charge is 0.328 e. The van der Waals surface area contributed by atoms with Crippen molar-refractivity contribution in [2.75, 3.05) is 33.2 Å². The maximum Gasteiger partial charge on any atom is 0.328 e. The second-order valence-electron chi connectivity index (χ2n) is 9.50. The summed E-state index contributed by atoms with van der Waals surface area (Å²) < 4.78 is 46.0. The Morgan fingerprint density at radius 3 is 2.51 bits per heavy atom. The predicted octanol–water partition coefficient (Wildman–Crippen LogP) is 3.66. The molecule has 41 heavy (non-hydrogen) atoms. The largest absolute Gasteiger partial charge is 0.415 e. The van der Waals surface area contributed by atoms with Crippen molar-refractivity contribution in [3.63, 3.8) is 0 Å². The molecule has 1 N–H and O–H groups in total. The molecule has 218 valence electrons. The van der Waals surface area contributed by atoms with Gasteiger partial charge in [-0.1, -0.05) is 6.08 Å². The van der Waals surface area contributed by atoms with Crippen LogP contribution in [0.1, 0.15) is 36.2 Å². The Kier molecular flexibility index (Phi) is 10.0. The minimum atomic E-state index is -2.84. The van der Waals surface area contributed by atoms with Crippen LogP contribution in [0.5, 0.6) is 0 Å². The molecule has 11 nitrogen and oxygen atoms in total. The van der Waals surface area contributed by atoms with Crippen molar-refractivity contribution in [3.05, 3.63) is 88.2 Å². The summed E-state index contributed by atoms with van der Waals surface area (Å²) in [5.41, 5.74) is 2.47. The summed E-state index contributed by atoms with van der Waals surface area (Å²) in [7, 11) is 3.76. The van der Waals surface area contributed by atoms with Gasteiger partial charge in [-0.2, -0.15) is 13.9 Å². The lowest BCUT2D eigenvalue weighted by Gasteiger charge is -2.31. The molecule has 1 aliphatic heterocycles. The Bertz CT molecular complexity index is 1500. The number of nitrogens with one attached hydrogen (secondary N) is 1. The minimum Gasteiger partial charge on any atom is -0.415 e. The summed E-state index contributed by atoms with van der Waals surface area (Å²) in [5.74, 6) is -1.23. The van der Waals surface area contributed by atoms with Crippen LogP contribution in [0, 0.1) is 0 Å². The SMILES string of the molecule is C/C=C(F)\C=C/c1cn(Cc2ccc(-c3nnc(C(F)F)o3)cn2)c(=O)n1C.CN1CCN(Cc2cn[nH]c2)CC1. The van der Waals surface area contributed by atoms with Gasteiger partial charge in [0.05, 0.1) is 29.7 Å². The highest BCUT2D eigenvalue weighted by molar-refractivity contribution is 5.51. The van der Waals surface area contributed by atoms with E-state index in [1.54, 1.807) is 32.3 Å². The summed E-state index contributed by atoms with van der Waals surface area (Å²) in [6.45, 7) is 7.48. The number of piperazine rings is 1. The lowest BCUT2D eigenvalue weighted by Crippen LogP contribution is -2.43. The maximum absolute atomic E-state index is 13.2. The van der Waals surface area contributed by atoms with Crippen LogP contribution in [-0.4, -0.2) is 77.5 Å². The Morgan fingerprint density at radius 1 is 1.12 bits per heavy atom. The van der Waals surface area contributed by atoms with E-state index in [0.717, 1.165) is 6.54 Å². The zero-order valence-corrected chi connectivity index (χ0v) is 23.0. The number of pyridine rings is 1. The number of allylic oxidation sites excluding steroid dienone is 3. The van der Waals surface area contributed by atoms with Gasteiger partial charge in [0, 0.05) is 63.9 Å². The van der Waals surface area contributed by atoms with E-state index in [1.807, 2.05) is 12.4 Å². The Hall–Kier alpha value is -4.30. The second-order valence-corrected chi connectivity index (χ2v) is 9.50. The van der Waals surface area contributed by atoms with E-state index in [1.165, 1.54) is 65.3 Å². The number of hydrogen-bond acceptors (Lipinski definition) is 8. The number of H-pyrrole nitrogens is 1. The van der Waals surface area contributed by atoms with Crippen LogP contribution in [0.15, 0.2) is 64.1 Å². The fourth-order valence-corrected chi connectivity index (χ4v) is 4.02. The highest BCUT2D eigenvalue weighted by Crippen LogP contribution is 2.22. The van der Waals surface area contributed by atoms with Crippen molar-refractivity contribution in [2.45, 2.75) is 26.4 Å². The molecule has 1 saturated heterocycles. The van der Waals surface area contributed by atoms with E-state index in [-0.39, 0.29) is 18.1 Å². The number of aromatic amines is 1. The third-order valence-electron chi connectivity index (χ3n) is 6.49. The molecule has 14 heteroatoms. The highest BCUT2D eigenvalue weighted by atomic mass is 19.3. The van der Waals surface area contributed by atoms with Gasteiger partial charge < -0.3 is 9.32 Å². The molecule has 0 aromatic carbocycles. The van der Waals surface area contributed by atoms with Crippen molar-refractivity contribution >= 4 is 6.08 Å². The molecule has 0 amide bonds. The molecule has 0 atom stereocenters. The number of hydrogen-bond donors (Lipinski definition) is 1. The monoisotopic (exact) mass is 571 g/mol. The number of nitrogens with zero attached hydrogens (tertiary/aromatic N) is 8. The summed E-state index contributed by atoms with van der Waals surface area (Å²) >= 11 is 0. The van der Waals surface area contributed by atoms with E-state index in [9.17, 15) is 18.0 Å². The summed E-state index contributed by atoms with van der Waals surface area (Å²) in [5, 5.41) is 13.6. The molecule has 0 spiro atoms. The van der Waals surface area contributed by atoms with Crippen molar-refractivity contribution in [2.24, 2.45) is 7.05 Å². The molecule has 5 heterocycles. The first-order chi connectivity index (χ1) is 19.7. The average molecular weight is 572 g/mol. The first-order valence-electron chi connectivity index (χ1n) is 12.9. The molecule has 0 aliphatic carbocycles. The van der Waals surface area contributed by atoms with Crippen LogP contribution in [0.25, 0.3) is 17.5 Å². The molecule has 0 bridgehead atoms. The lowest BCUT2D eigenvalue weighted by atomic mass is 10.2. The maximum atomic E-state index is 13.2. The van der Waals surface area contributed by atoms with Crippen LogP contribution in [0.4, 0.5) is 13.2 Å². The molecule has 0 unspecified atom stereocenters. The van der Waals surface area contributed by atoms with Crippen molar-refractivity contribution in [3.8, 4) is 11.5 Å². The number of alkyl halides is 2. The van der Waals surface area contributed by atoms with E-state index < -0.39 is 18.1 Å². The molecular weight excluding hydrogens is 539 g/mol. The molecule has 0 saturated carbocycles. The minimum absolute atomic E-state index is 0.0651. The number of halogens is 3. The summed E-state index contributed by atoms with van der Waals surface area (Å²) in [4.78, 5) is 21.3. The van der Waals surface area contributed by atoms with Gasteiger partial charge in [-0.15, -0.1) is 10.2 Å². The summed E-state index contributed by atoms with van der Waals surface area (Å²) in [6, 6.07) is 3.21. The topological polar surface area (TPSA) is 114 Å². The number of aromatic nitrogens is 7. The van der Waals surface area contributed by atoms with Gasteiger partial charge in [0.2, 0.25) is 5.89 Å². The normalized spacial score (nSPS) is 15.0. The number of rotatable bonds is 8. The first-order valence-corrected chi connectivity index (χ1v) is 12.9. The molecule has 0 radical (unpaired) electrons. The summed E-state index contributed by atoms with van der Waals surface area (Å²) in [6.07, 6.45) is 8.09. The predicted molar refractivity (Wildman–Crippen MR) is 147 cm³/mol.